The summed E-state index contributed by atoms with van der Waals surface area (Å²) < 4.78 is 15.8. The van der Waals surface area contributed by atoms with E-state index >= 15 is 0 Å². The summed E-state index contributed by atoms with van der Waals surface area (Å²) >= 11 is 0. The van der Waals surface area contributed by atoms with Gasteiger partial charge in [0.1, 0.15) is 6.10 Å². The lowest BCUT2D eigenvalue weighted by molar-refractivity contribution is -0.129. The van der Waals surface area contributed by atoms with Crippen molar-refractivity contribution in [3.63, 3.8) is 0 Å². The zero-order valence-electron chi connectivity index (χ0n) is 9.93. The largest absolute Gasteiger partial charge is 0.577 e. The van der Waals surface area contributed by atoms with E-state index in [1.54, 1.807) is 20.8 Å². The summed E-state index contributed by atoms with van der Waals surface area (Å²) in [5.74, 6) is 0. The zero-order valence-corrected chi connectivity index (χ0v) is 10.9. The summed E-state index contributed by atoms with van der Waals surface area (Å²) in [4.78, 5) is 11.8. The standard InChI is InChI=1S/C9H20O6Si/c1-4-13-16(14-5-2,15-6-3)9(12)8(11)7-10/h8,10-11H,4-7H2,1-3H3. The van der Waals surface area contributed by atoms with Crippen LogP contribution < -0.4 is 0 Å². The molecular formula is C9H20O6Si. The summed E-state index contributed by atoms with van der Waals surface area (Å²) in [5.41, 5.74) is 0. The van der Waals surface area contributed by atoms with Crippen molar-refractivity contribution in [1.29, 1.82) is 0 Å². The first kappa shape index (κ1) is 15.7. The van der Waals surface area contributed by atoms with Crippen LogP contribution in [0.5, 0.6) is 0 Å². The van der Waals surface area contributed by atoms with Gasteiger partial charge in [0.2, 0.25) is 5.41 Å². The highest BCUT2D eigenvalue weighted by Crippen LogP contribution is 2.13. The monoisotopic (exact) mass is 252 g/mol. The van der Waals surface area contributed by atoms with Gasteiger partial charge in [0.15, 0.2) is 0 Å². The van der Waals surface area contributed by atoms with Crippen LogP contribution in [0.15, 0.2) is 0 Å². The molecule has 0 heterocycles. The zero-order chi connectivity index (χ0) is 12.6. The molecule has 0 aliphatic heterocycles. The van der Waals surface area contributed by atoms with Gasteiger partial charge in [-0.2, -0.15) is 0 Å². The lowest BCUT2D eigenvalue weighted by Crippen LogP contribution is -2.58. The van der Waals surface area contributed by atoms with E-state index in [9.17, 15) is 9.90 Å². The Morgan fingerprint density at radius 2 is 1.50 bits per heavy atom. The quantitative estimate of drug-likeness (QED) is 0.538. The van der Waals surface area contributed by atoms with E-state index in [0.29, 0.717) is 0 Å². The summed E-state index contributed by atoms with van der Waals surface area (Å²) in [5, 5.41) is 17.4. The van der Waals surface area contributed by atoms with E-state index in [1.165, 1.54) is 0 Å². The molecule has 0 aliphatic rings. The SMILES string of the molecule is CCO[Si](OCC)(OCC)C(=O)C(O)CO. The van der Waals surface area contributed by atoms with Crippen LogP contribution >= 0.6 is 0 Å². The van der Waals surface area contributed by atoms with E-state index in [-0.39, 0.29) is 19.8 Å². The molecule has 7 heteroatoms. The molecule has 2 N–H and O–H groups in total. The molecule has 6 nitrogen and oxygen atoms in total. The molecule has 0 radical (unpaired) electrons. The summed E-state index contributed by atoms with van der Waals surface area (Å²) in [6.45, 7) is 5.19. The number of rotatable bonds is 9. The maximum absolute atomic E-state index is 11.8. The Labute approximate surface area is 96.5 Å². The molecule has 16 heavy (non-hydrogen) atoms. The highest BCUT2D eigenvalue weighted by molar-refractivity contribution is 6.93. The number of aliphatic hydroxyl groups is 2. The molecule has 0 rings (SSSR count). The summed E-state index contributed by atoms with van der Waals surface area (Å²) in [7, 11) is -3.53. The lowest BCUT2D eigenvalue weighted by atomic mass is 10.4. The van der Waals surface area contributed by atoms with Gasteiger partial charge < -0.3 is 23.5 Å². The molecule has 0 amide bonds. The highest BCUT2D eigenvalue weighted by Gasteiger charge is 2.52. The van der Waals surface area contributed by atoms with Gasteiger partial charge in [0.25, 0.3) is 0 Å². The van der Waals surface area contributed by atoms with E-state index in [1.807, 2.05) is 0 Å². The normalized spacial score (nSPS) is 13.8. The molecule has 0 aromatic carbocycles. The van der Waals surface area contributed by atoms with E-state index in [0.717, 1.165) is 0 Å². The fraction of sp³-hybridized carbons (Fsp3) is 0.889. The van der Waals surface area contributed by atoms with Crippen molar-refractivity contribution in [2.45, 2.75) is 26.9 Å². The van der Waals surface area contributed by atoms with Crippen molar-refractivity contribution in [2.75, 3.05) is 26.4 Å². The lowest BCUT2D eigenvalue weighted by Gasteiger charge is -2.27. The van der Waals surface area contributed by atoms with Crippen molar-refractivity contribution in [2.24, 2.45) is 0 Å². The van der Waals surface area contributed by atoms with Crippen LogP contribution in [0.3, 0.4) is 0 Å². The second-order valence-electron chi connectivity index (χ2n) is 2.92. The van der Waals surface area contributed by atoms with Gasteiger partial charge in [-0.3, -0.25) is 4.79 Å². The Morgan fingerprint density at radius 1 is 1.12 bits per heavy atom. The first-order valence-electron chi connectivity index (χ1n) is 5.33. The molecule has 0 saturated carbocycles. The number of carbonyl (C=O) groups excluding carboxylic acids is 1. The minimum atomic E-state index is -3.53. The van der Waals surface area contributed by atoms with Gasteiger partial charge in [-0.15, -0.1) is 0 Å². The second kappa shape index (κ2) is 7.88. The minimum absolute atomic E-state index is 0.246. The third kappa shape index (κ3) is 3.93. The maximum atomic E-state index is 11.8. The van der Waals surface area contributed by atoms with Crippen LogP contribution in [0, 0.1) is 0 Å². The number of carbonyl (C=O) groups is 1. The first-order chi connectivity index (χ1) is 7.57. The maximum Gasteiger partial charge on any atom is 0.577 e. The molecule has 0 spiro atoms. The van der Waals surface area contributed by atoms with Gasteiger partial charge in [0.05, 0.1) is 6.61 Å². The number of aliphatic hydroxyl groups excluding tert-OH is 2. The molecular weight excluding hydrogens is 232 g/mol. The first-order valence-corrected chi connectivity index (χ1v) is 7.05. The van der Waals surface area contributed by atoms with Crippen LogP contribution in [-0.2, 0) is 18.1 Å². The molecule has 1 unspecified atom stereocenters. The minimum Gasteiger partial charge on any atom is -0.393 e. The molecule has 0 aromatic rings. The number of hydrogen-bond acceptors (Lipinski definition) is 6. The van der Waals surface area contributed by atoms with Crippen molar-refractivity contribution in [1.82, 2.24) is 0 Å². The van der Waals surface area contributed by atoms with Crippen LogP contribution in [-0.4, -0.2) is 57.0 Å². The predicted molar refractivity (Wildman–Crippen MR) is 58.7 cm³/mol. The molecule has 0 fully saturated rings. The van der Waals surface area contributed by atoms with Gasteiger partial charge >= 0.3 is 8.80 Å². The third-order valence-electron chi connectivity index (χ3n) is 1.78. The fourth-order valence-electron chi connectivity index (χ4n) is 1.20. The van der Waals surface area contributed by atoms with Crippen LogP contribution in [0.4, 0.5) is 0 Å². The highest BCUT2D eigenvalue weighted by atomic mass is 28.4. The van der Waals surface area contributed by atoms with Gasteiger partial charge in [-0.25, -0.2) is 0 Å². The molecule has 0 aromatic heterocycles. The predicted octanol–water partition coefficient (Wildman–Crippen LogP) is -0.504. The molecule has 0 aliphatic carbocycles. The Balaban J connectivity index is 4.90. The average molecular weight is 252 g/mol. The van der Waals surface area contributed by atoms with E-state index in [4.69, 9.17) is 18.4 Å². The average Bonchev–Trinajstić information content (AvgIpc) is 2.28. The van der Waals surface area contributed by atoms with Crippen LogP contribution in [0.2, 0.25) is 0 Å². The second-order valence-corrected chi connectivity index (χ2v) is 5.39. The fourth-order valence-corrected chi connectivity index (χ4v) is 3.51. The Hall–Kier alpha value is -0.313. The summed E-state index contributed by atoms with van der Waals surface area (Å²) in [6, 6.07) is 0. The molecule has 0 bridgehead atoms. The number of hydrogen-bond donors (Lipinski definition) is 2. The molecule has 1 atom stereocenters. The Kier molecular flexibility index (Phi) is 7.72. The Morgan fingerprint density at radius 3 is 1.75 bits per heavy atom. The van der Waals surface area contributed by atoms with Crippen molar-refractivity contribution in [3.8, 4) is 0 Å². The van der Waals surface area contributed by atoms with Gasteiger partial charge in [-0.05, 0) is 20.8 Å². The van der Waals surface area contributed by atoms with Crippen molar-refractivity contribution < 1.29 is 28.3 Å². The Bertz CT molecular complexity index is 193. The third-order valence-corrected chi connectivity index (χ3v) is 4.72. The van der Waals surface area contributed by atoms with E-state index in [2.05, 4.69) is 0 Å². The van der Waals surface area contributed by atoms with Gasteiger partial charge in [-0.1, -0.05) is 0 Å². The molecule has 96 valence electrons. The van der Waals surface area contributed by atoms with Crippen molar-refractivity contribution in [3.05, 3.63) is 0 Å². The topological polar surface area (TPSA) is 85.2 Å². The summed E-state index contributed by atoms with van der Waals surface area (Å²) in [6.07, 6.45) is -1.52. The van der Waals surface area contributed by atoms with Crippen LogP contribution in [0.25, 0.3) is 0 Å². The van der Waals surface area contributed by atoms with Gasteiger partial charge in [0, 0.05) is 19.8 Å². The van der Waals surface area contributed by atoms with Crippen LogP contribution in [0.1, 0.15) is 20.8 Å². The molecule has 0 saturated heterocycles. The smallest absolute Gasteiger partial charge is 0.393 e. The van der Waals surface area contributed by atoms with E-state index < -0.39 is 26.9 Å². The van der Waals surface area contributed by atoms with Crippen molar-refractivity contribution >= 4 is 14.2 Å².